The number of fused-ring (bicyclic) bond motifs is 1. The van der Waals surface area contributed by atoms with Crippen LogP contribution in [0.4, 0.5) is 10.2 Å². The second kappa shape index (κ2) is 5.50. The lowest BCUT2D eigenvalue weighted by Gasteiger charge is -2.28. The van der Waals surface area contributed by atoms with Gasteiger partial charge in [-0.05, 0) is 35.9 Å². The number of hydrogen-bond acceptors (Lipinski definition) is 4. The molecule has 1 aromatic carbocycles. The molecular formula is C17H16FN3O. The minimum Gasteiger partial charge on any atom is -0.378 e. The Morgan fingerprint density at radius 2 is 1.95 bits per heavy atom. The number of aliphatic imine (C=N–C) groups is 1. The van der Waals surface area contributed by atoms with E-state index in [2.05, 4.69) is 20.9 Å². The molecule has 1 fully saturated rings. The monoisotopic (exact) mass is 297 g/mol. The Bertz CT molecular complexity index is 738. The van der Waals surface area contributed by atoms with Crippen LogP contribution in [0.3, 0.4) is 0 Å². The predicted molar refractivity (Wildman–Crippen MR) is 83.0 cm³/mol. The summed E-state index contributed by atoms with van der Waals surface area (Å²) in [7, 11) is 0. The fourth-order valence-electron chi connectivity index (χ4n) is 2.95. The van der Waals surface area contributed by atoms with E-state index in [1.54, 1.807) is 6.07 Å². The summed E-state index contributed by atoms with van der Waals surface area (Å²) in [5.74, 6) is 0.734. The Kier molecular flexibility index (Phi) is 3.35. The molecule has 4 nitrogen and oxygen atoms in total. The van der Waals surface area contributed by atoms with Crippen molar-refractivity contribution in [3.8, 4) is 0 Å². The molecular weight excluding hydrogens is 281 g/mol. The summed E-state index contributed by atoms with van der Waals surface area (Å²) in [4.78, 5) is 11.3. The van der Waals surface area contributed by atoms with Crippen molar-refractivity contribution in [3.05, 3.63) is 59.0 Å². The smallest absolute Gasteiger partial charge is 0.129 e. The van der Waals surface area contributed by atoms with Gasteiger partial charge in [-0.25, -0.2) is 9.37 Å². The molecule has 0 unspecified atom stereocenters. The van der Waals surface area contributed by atoms with Crippen LogP contribution in [-0.4, -0.2) is 37.0 Å². The molecule has 0 saturated carbocycles. The van der Waals surface area contributed by atoms with Crippen LogP contribution < -0.4 is 4.90 Å². The van der Waals surface area contributed by atoms with Crippen LogP contribution in [0.1, 0.15) is 16.7 Å². The van der Waals surface area contributed by atoms with Gasteiger partial charge < -0.3 is 9.64 Å². The molecule has 2 aliphatic rings. The predicted octanol–water partition coefficient (Wildman–Crippen LogP) is 2.41. The second-order valence-corrected chi connectivity index (χ2v) is 5.47. The number of morpholine rings is 1. The molecule has 1 saturated heterocycles. The number of aromatic nitrogens is 1. The first-order valence-electron chi connectivity index (χ1n) is 7.43. The lowest BCUT2D eigenvalue weighted by Crippen LogP contribution is -2.36. The number of ether oxygens (including phenoxy) is 1. The zero-order chi connectivity index (χ0) is 14.9. The largest absolute Gasteiger partial charge is 0.378 e. The van der Waals surface area contributed by atoms with Gasteiger partial charge in [0.05, 0.1) is 25.5 Å². The third-order valence-electron chi connectivity index (χ3n) is 4.08. The topological polar surface area (TPSA) is 37.7 Å². The molecule has 0 spiro atoms. The number of nitrogens with zero attached hydrogens (tertiary/aromatic N) is 3. The van der Waals surface area contributed by atoms with E-state index < -0.39 is 0 Å². The third-order valence-corrected chi connectivity index (χ3v) is 4.08. The van der Waals surface area contributed by atoms with E-state index in [1.165, 1.54) is 6.07 Å². The van der Waals surface area contributed by atoms with Crippen molar-refractivity contribution >= 4 is 11.5 Å². The standard InChI is InChI=1S/C17H16FN3O/c18-14-1-2-15-13(9-14)11-20-17(15)12-3-4-19-16(10-12)21-5-7-22-8-6-21/h1-4,9-10H,5-8,11H2. The SMILES string of the molecule is Fc1ccc2c(c1)CN=C2c1ccnc(N2CCOCC2)c1. The average Bonchev–Trinajstić information content (AvgIpc) is 2.99. The number of pyridine rings is 1. The molecule has 22 heavy (non-hydrogen) atoms. The molecule has 5 heteroatoms. The van der Waals surface area contributed by atoms with Crippen molar-refractivity contribution in [1.29, 1.82) is 0 Å². The van der Waals surface area contributed by atoms with Crippen molar-refractivity contribution in [3.63, 3.8) is 0 Å². The van der Waals surface area contributed by atoms with Gasteiger partial charge in [0.1, 0.15) is 11.6 Å². The number of benzene rings is 1. The fourth-order valence-corrected chi connectivity index (χ4v) is 2.95. The van der Waals surface area contributed by atoms with Crippen LogP contribution in [0.5, 0.6) is 0 Å². The van der Waals surface area contributed by atoms with Gasteiger partial charge >= 0.3 is 0 Å². The van der Waals surface area contributed by atoms with E-state index in [1.807, 2.05) is 18.3 Å². The molecule has 112 valence electrons. The molecule has 0 radical (unpaired) electrons. The van der Waals surface area contributed by atoms with Crippen LogP contribution in [-0.2, 0) is 11.3 Å². The molecule has 0 bridgehead atoms. The van der Waals surface area contributed by atoms with Crippen molar-refractivity contribution in [2.24, 2.45) is 4.99 Å². The maximum atomic E-state index is 13.3. The summed E-state index contributed by atoms with van der Waals surface area (Å²) in [5.41, 5.74) is 3.91. The highest BCUT2D eigenvalue weighted by Gasteiger charge is 2.19. The molecule has 2 aromatic rings. The number of anilines is 1. The van der Waals surface area contributed by atoms with Gasteiger partial charge in [0.2, 0.25) is 0 Å². The first-order chi connectivity index (χ1) is 10.8. The van der Waals surface area contributed by atoms with Crippen molar-refractivity contribution < 1.29 is 9.13 Å². The van der Waals surface area contributed by atoms with Gasteiger partial charge in [-0.3, -0.25) is 4.99 Å². The summed E-state index contributed by atoms with van der Waals surface area (Å²) in [6.07, 6.45) is 1.81. The van der Waals surface area contributed by atoms with Crippen molar-refractivity contribution in [2.45, 2.75) is 6.54 Å². The fraction of sp³-hybridized carbons (Fsp3) is 0.294. The molecule has 2 aliphatic heterocycles. The van der Waals surface area contributed by atoms with E-state index in [-0.39, 0.29) is 5.82 Å². The van der Waals surface area contributed by atoms with E-state index in [4.69, 9.17) is 4.74 Å². The minimum absolute atomic E-state index is 0.209. The third kappa shape index (κ3) is 2.37. The van der Waals surface area contributed by atoms with Crippen LogP contribution in [0.25, 0.3) is 0 Å². The lowest BCUT2D eigenvalue weighted by atomic mass is 10.0. The Morgan fingerprint density at radius 1 is 1.09 bits per heavy atom. The molecule has 3 heterocycles. The molecule has 0 amide bonds. The number of halogens is 1. The van der Waals surface area contributed by atoms with E-state index in [0.29, 0.717) is 6.54 Å². The lowest BCUT2D eigenvalue weighted by molar-refractivity contribution is 0.122. The Balaban J connectivity index is 1.67. The Hall–Kier alpha value is -2.27. The van der Waals surface area contributed by atoms with Gasteiger partial charge in [-0.1, -0.05) is 0 Å². The van der Waals surface area contributed by atoms with E-state index in [9.17, 15) is 4.39 Å². The molecule has 4 rings (SSSR count). The van der Waals surface area contributed by atoms with Crippen molar-refractivity contribution in [1.82, 2.24) is 4.98 Å². The molecule has 1 aromatic heterocycles. The summed E-state index contributed by atoms with van der Waals surface area (Å²) in [5, 5.41) is 0. The van der Waals surface area contributed by atoms with Crippen molar-refractivity contribution in [2.75, 3.05) is 31.2 Å². The van der Waals surface area contributed by atoms with Gasteiger partial charge in [0, 0.05) is 30.4 Å². The first-order valence-corrected chi connectivity index (χ1v) is 7.43. The minimum atomic E-state index is -0.209. The summed E-state index contributed by atoms with van der Waals surface area (Å²) in [6, 6.07) is 8.88. The molecule has 0 aliphatic carbocycles. The van der Waals surface area contributed by atoms with Crippen LogP contribution in [0.15, 0.2) is 41.5 Å². The summed E-state index contributed by atoms with van der Waals surface area (Å²) in [6.45, 7) is 3.71. The van der Waals surface area contributed by atoms with Gasteiger partial charge in [0.15, 0.2) is 0 Å². The quantitative estimate of drug-likeness (QED) is 0.854. The zero-order valence-electron chi connectivity index (χ0n) is 12.1. The molecule has 0 N–H and O–H groups in total. The average molecular weight is 297 g/mol. The number of hydrogen-bond donors (Lipinski definition) is 0. The Morgan fingerprint density at radius 3 is 2.82 bits per heavy atom. The highest BCUT2D eigenvalue weighted by atomic mass is 19.1. The van der Waals surface area contributed by atoms with Gasteiger partial charge in [-0.15, -0.1) is 0 Å². The zero-order valence-corrected chi connectivity index (χ0v) is 12.1. The second-order valence-electron chi connectivity index (χ2n) is 5.47. The first kappa shape index (κ1) is 13.4. The highest BCUT2D eigenvalue weighted by molar-refractivity contribution is 6.15. The van der Waals surface area contributed by atoms with Gasteiger partial charge in [-0.2, -0.15) is 0 Å². The molecule has 0 atom stereocenters. The maximum Gasteiger partial charge on any atom is 0.129 e. The summed E-state index contributed by atoms with van der Waals surface area (Å²) >= 11 is 0. The Labute approximate surface area is 128 Å². The van der Waals surface area contributed by atoms with Crippen LogP contribution >= 0.6 is 0 Å². The van der Waals surface area contributed by atoms with Crippen LogP contribution in [0.2, 0.25) is 0 Å². The maximum absolute atomic E-state index is 13.3. The number of rotatable bonds is 2. The normalized spacial score (nSPS) is 17.3. The highest BCUT2D eigenvalue weighted by Crippen LogP contribution is 2.25. The van der Waals surface area contributed by atoms with E-state index in [0.717, 1.165) is 54.5 Å². The van der Waals surface area contributed by atoms with E-state index >= 15 is 0 Å². The van der Waals surface area contributed by atoms with Crippen LogP contribution in [0, 0.1) is 5.82 Å². The summed E-state index contributed by atoms with van der Waals surface area (Å²) < 4.78 is 18.7. The van der Waals surface area contributed by atoms with Gasteiger partial charge in [0.25, 0.3) is 0 Å².